The van der Waals surface area contributed by atoms with Crippen LogP contribution in [0.3, 0.4) is 0 Å². The number of benzene rings is 2. The molecule has 2 aromatic carbocycles. The van der Waals surface area contributed by atoms with Gasteiger partial charge in [-0.3, -0.25) is 10.2 Å². The summed E-state index contributed by atoms with van der Waals surface area (Å²) in [5, 5.41) is 3.22. The molecule has 0 atom stereocenters. The highest BCUT2D eigenvalue weighted by molar-refractivity contribution is 5.54. The van der Waals surface area contributed by atoms with E-state index in [1.807, 2.05) is 55.6 Å². The molecule has 3 aromatic rings. The summed E-state index contributed by atoms with van der Waals surface area (Å²) in [4.78, 5) is 13.1. The van der Waals surface area contributed by atoms with Crippen molar-refractivity contribution in [1.29, 1.82) is 0 Å². The summed E-state index contributed by atoms with van der Waals surface area (Å²) < 4.78 is 11.7. The molecule has 7 heteroatoms. The molecule has 152 valence electrons. The minimum atomic E-state index is 0.403. The van der Waals surface area contributed by atoms with Crippen LogP contribution in [0.1, 0.15) is 16.7 Å². The van der Waals surface area contributed by atoms with Gasteiger partial charge < -0.3 is 14.8 Å². The second-order valence-corrected chi connectivity index (χ2v) is 6.03. The minimum absolute atomic E-state index is 0.403. The first-order valence-electron chi connectivity index (χ1n) is 9.09. The third-order valence-corrected chi connectivity index (χ3v) is 4.05. The summed E-state index contributed by atoms with van der Waals surface area (Å²) in [5.74, 6) is 5.85. The molecule has 7 nitrogen and oxygen atoms in total. The van der Waals surface area contributed by atoms with Crippen LogP contribution in [0.2, 0.25) is 0 Å². The van der Waals surface area contributed by atoms with E-state index in [4.69, 9.17) is 14.3 Å². The molecule has 1 aromatic heterocycles. The molecule has 3 rings (SSSR count). The first kappa shape index (κ1) is 21.7. The van der Waals surface area contributed by atoms with Crippen molar-refractivity contribution in [2.24, 2.45) is 5.84 Å². The number of aryl methyl sites for hydroxylation is 1. The lowest BCUT2D eigenvalue weighted by Crippen LogP contribution is -2.18. The number of pyridine rings is 1. The van der Waals surface area contributed by atoms with E-state index in [9.17, 15) is 0 Å². The molecule has 0 saturated heterocycles. The zero-order valence-corrected chi connectivity index (χ0v) is 16.6. The largest absolute Gasteiger partial charge is 0.489 e. The number of anilines is 1. The van der Waals surface area contributed by atoms with Gasteiger partial charge in [0.1, 0.15) is 19.0 Å². The first-order valence-corrected chi connectivity index (χ1v) is 9.09. The van der Waals surface area contributed by atoms with Crippen molar-refractivity contribution in [2.45, 2.75) is 20.1 Å². The van der Waals surface area contributed by atoms with Gasteiger partial charge in [-0.05, 0) is 42.3 Å². The van der Waals surface area contributed by atoms with Gasteiger partial charge in [0.15, 0.2) is 0 Å². The van der Waals surface area contributed by atoms with Crippen molar-refractivity contribution in [2.75, 3.05) is 12.4 Å². The summed E-state index contributed by atoms with van der Waals surface area (Å²) in [6.45, 7) is 3.07. The monoisotopic (exact) mass is 394 g/mol. The fourth-order valence-electron chi connectivity index (χ4n) is 2.60. The second-order valence-electron chi connectivity index (χ2n) is 6.03. The zero-order valence-electron chi connectivity index (χ0n) is 16.6. The summed E-state index contributed by atoms with van der Waals surface area (Å²) in [7, 11) is 1.92. The number of hydrazine groups is 1. The van der Waals surface area contributed by atoms with E-state index in [1.165, 1.54) is 11.1 Å². The summed E-state index contributed by atoms with van der Waals surface area (Å²) >= 11 is 0. The lowest BCUT2D eigenvalue weighted by atomic mass is 10.1. The summed E-state index contributed by atoms with van der Waals surface area (Å²) in [6, 6.07) is 19.8. The predicted octanol–water partition coefficient (Wildman–Crippen LogP) is 3.20. The predicted molar refractivity (Wildman–Crippen MR) is 113 cm³/mol. The molecule has 0 saturated carbocycles. The maximum Gasteiger partial charge on any atom is 0.221 e. The number of carbonyl (C=O) groups is 1. The lowest BCUT2D eigenvalue weighted by Gasteiger charge is -2.14. The van der Waals surface area contributed by atoms with Crippen molar-refractivity contribution in [3.05, 3.63) is 83.6 Å². The smallest absolute Gasteiger partial charge is 0.221 e. The van der Waals surface area contributed by atoms with Crippen LogP contribution in [0.25, 0.3) is 0 Å². The van der Waals surface area contributed by atoms with E-state index in [1.54, 1.807) is 11.6 Å². The van der Waals surface area contributed by atoms with Gasteiger partial charge in [0.2, 0.25) is 12.3 Å². The minimum Gasteiger partial charge on any atom is -0.489 e. The number of hydrogen-bond acceptors (Lipinski definition) is 6. The quantitative estimate of drug-likeness (QED) is 0.235. The number of amides is 1. The van der Waals surface area contributed by atoms with Gasteiger partial charge in [-0.2, -0.15) is 0 Å². The van der Waals surface area contributed by atoms with E-state index in [0.717, 1.165) is 17.0 Å². The number of rotatable bonds is 8. The average molecular weight is 394 g/mol. The van der Waals surface area contributed by atoms with Gasteiger partial charge in [0.25, 0.3) is 0 Å². The summed E-state index contributed by atoms with van der Waals surface area (Å²) in [5.41, 5.74) is 6.26. The Hall–Kier alpha value is -3.58. The van der Waals surface area contributed by atoms with Crippen LogP contribution >= 0.6 is 0 Å². The number of nitrogens with one attached hydrogen (secondary N) is 2. The molecule has 0 spiro atoms. The highest BCUT2D eigenvalue weighted by Gasteiger charge is 2.06. The Morgan fingerprint density at radius 1 is 1.03 bits per heavy atom. The Morgan fingerprint density at radius 3 is 2.52 bits per heavy atom. The third-order valence-electron chi connectivity index (χ3n) is 4.05. The normalized spacial score (nSPS) is 9.62. The molecule has 1 heterocycles. The first-order chi connectivity index (χ1) is 14.2. The van der Waals surface area contributed by atoms with Crippen LogP contribution in [-0.4, -0.2) is 18.4 Å². The van der Waals surface area contributed by atoms with E-state index < -0.39 is 0 Å². The van der Waals surface area contributed by atoms with Crippen LogP contribution in [0.5, 0.6) is 11.6 Å². The number of hydrogen-bond donors (Lipinski definition) is 3. The maximum absolute atomic E-state index is 8.94. The Morgan fingerprint density at radius 2 is 1.83 bits per heavy atom. The van der Waals surface area contributed by atoms with Gasteiger partial charge >= 0.3 is 0 Å². The molecule has 0 bridgehead atoms. The van der Waals surface area contributed by atoms with E-state index in [0.29, 0.717) is 25.5 Å². The number of carbonyl (C=O) groups excluding carboxylic acids is 1. The van der Waals surface area contributed by atoms with Gasteiger partial charge in [-0.25, -0.2) is 10.8 Å². The van der Waals surface area contributed by atoms with Gasteiger partial charge in [0, 0.05) is 30.6 Å². The molecular formula is C22H26N4O3. The third kappa shape index (κ3) is 7.15. The fraction of sp³-hybridized carbons (Fsp3) is 0.182. The van der Waals surface area contributed by atoms with E-state index >= 15 is 0 Å². The molecular weight excluding hydrogens is 368 g/mol. The van der Waals surface area contributed by atoms with Gasteiger partial charge in [-0.1, -0.05) is 30.3 Å². The van der Waals surface area contributed by atoms with Crippen molar-refractivity contribution in [1.82, 2.24) is 10.4 Å². The van der Waals surface area contributed by atoms with E-state index in [2.05, 4.69) is 35.2 Å². The molecule has 0 fully saturated rings. The van der Waals surface area contributed by atoms with Crippen LogP contribution in [0.4, 0.5) is 5.69 Å². The van der Waals surface area contributed by atoms with E-state index in [-0.39, 0.29) is 0 Å². The van der Waals surface area contributed by atoms with Gasteiger partial charge in [0.05, 0.1) is 0 Å². The molecule has 29 heavy (non-hydrogen) atoms. The number of aromatic nitrogens is 1. The molecule has 0 unspecified atom stereocenters. The van der Waals surface area contributed by atoms with Crippen molar-refractivity contribution in [3.8, 4) is 11.6 Å². The fourth-order valence-corrected chi connectivity index (χ4v) is 2.60. The Kier molecular flexibility index (Phi) is 8.98. The van der Waals surface area contributed by atoms with Crippen molar-refractivity contribution in [3.63, 3.8) is 0 Å². The number of ether oxygens (including phenoxy) is 2. The lowest BCUT2D eigenvalue weighted by molar-refractivity contribution is -0.109. The van der Waals surface area contributed by atoms with Crippen molar-refractivity contribution < 1.29 is 14.3 Å². The highest BCUT2D eigenvalue weighted by atomic mass is 16.5. The molecule has 0 aliphatic rings. The van der Waals surface area contributed by atoms with Crippen molar-refractivity contribution >= 4 is 12.1 Å². The Bertz CT molecular complexity index is 888. The maximum atomic E-state index is 8.94. The number of nitrogens with two attached hydrogens (primary N) is 1. The van der Waals surface area contributed by atoms with Crippen LogP contribution < -0.4 is 26.1 Å². The SMILES string of the molecule is CNc1cccc(C)c1COc1cccc(COc2ccccn2)c1.NNC=O. The Balaban J connectivity index is 0.000000687. The second kappa shape index (κ2) is 12.0. The molecule has 0 radical (unpaired) electrons. The highest BCUT2D eigenvalue weighted by Crippen LogP contribution is 2.22. The molecule has 0 aliphatic carbocycles. The molecule has 4 N–H and O–H groups in total. The average Bonchev–Trinajstić information content (AvgIpc) is 2.78. The topological polar surface area (TPSA) is 98.5 Å². The van der Waals surface area contributed by atoms with Gasteiger partial charge in [-0.15, -0.1) is 0 Å². The van der Waals surface area contributed by atoms with Crippen LogP contribution in [0, 0.1) is 6.92 Å². The molecule has 0 aliphatic heterocycles. The summed E-state index contributed by atoms with van der Waals surface area (Å²) in [6.07, 6.45) is 2.12. The number of nitrogens with zero attached hydrogens (tertiary/aromatic N) is 1. The van der Waals surface area contributed by atoms with Crippen LogP contribution in [0.15, 0.2) is 66.9 Å². The Labute approximate surface area is 170 Å². The standard InChI is InChI=1S/C21H22N2O2.CH4N2O/c1-16-7-5-10-20(22-2)19(16)15-24-18-9-6-8-17(13-18)14-25-21-11-3-4-12-23-21;2-3-1-4/h3-13,22H,14-15H2,1-2H3;1H,2H2,(H,3,4). The van der Waals surface area contributed by atoms with Crippen LogP contribution in [-0.2, 0) is 18.0 Å². The molecule has 1 amide bonds. The zero-order chi connectivity index (χ0) is 20.9.